The normalized spacial score (nSPS) is 13.9. The van der Waals surface area contributed by atoms with Crippen LogP contribution in [0.2, 0.25) is 0 Å². The molecule has 0 saturated heterocycles. The molecule has 2 aromatic rings. The molecule has 0 spiro atoms. The van der Waals surface area contributed by atoms with E-state index in [9.17, 15) is 27.1 Å². The molecule has 0 saturated carbocycles. The molecule has 0 fully saturated rings. The van der Waals surface area contributed by atoms with Gasteiger partial charge in [0.2, 0.25) is 6.10 Å². The summed E-state index contributed by atoms with van der Waals surface area (Å²) in [6, 6.07) is 7.76. The molecule has 0 amide bonds. The number of aliphatic hydroxyl groups excluding tert-OH is 1. The lowest BCUT2D eigenvalue weighted by molar-refractivity contribution is -0.154. The van der Waals surface area contributed by atoms with Crippen LogP contribution in [-0.2, 0) is 23.8 Å². The molecule has 2 aromatic carbocycles. The summed E-state index contributed by atoms with van der Waals surface area (Å²) >= 11 is 0. The first kappa shape index (κ1) is 20.0. The molecule has 9 heteroatoms. The van der Waals surface area contributed by atoms with Crippen LogP contribution in [0.5, 0.6) is 0 Å². The number of hydrogen-bond donors (Lipinski definition) is 1. The Balaban J connectivity index is 2.38. The topological polar surface area (TPSA) is 89.9 Å². The first-order valence-electron chi connectivity index (χ1n) is 7.36. The summed E-state index contributed by atoms with van der Waals surface area (Å²) in [6.07, 6.45) is -4.12. The second kappa shape index (κ2) is 7.90. The predicted octanol–water partition coefficient (Wildman–Crippen LogP) is 2.25. The van der Waals surface area contributed by atoms with Crippen molar-refractivity contribution < 1.29 is 36.0 Å². The Bertz CT molecular complexity index is 896. The number of carbonyl (C=O) groups is 1. The van der Waals surface area contributed by atoms with Crippen LogP contribution in [0, 0.1) is 18.6 Å². The Morgan fingerprint density at radius 1 is 1.12 bits per heavy atom. The number of methoxy groups -OCH3 is 1. The molecule has 0 bridgehead atoms. The Kier molecular flexibility index (Phi) is 6.06. The summed E-state index contributed by atoms with van der Waals surface area (Å²) in [4.78, 5) is 11.6. The van der Waals surface area contributed by atoms with Crippen molar-refractivity contribution >= 4 is 16.1 Å². The van der Waals surface area contributed by atoms with Crippen molar-refractivity contribution in [3.05, 3.63) is 65.2 Å². The zero-order valence-electron chi connectivity index (χ0n) is 13.8. The highest BCUT2D eigenvalue weighted by Crippen LogP contribution is 2.27. The minimum absolute atomic E-state index is 0.260. The van der Waals surface area contributed by atoms with E-state index in [1.54, 1.807) is 6.92 Å². The van der Waals surface area contributed by atoms with Gasteiger partial charge in [-0.05, 0) is 25.1 Å². The van der Waals surface area contributed by atoms with Gasteiger partial charge < -0.3 is 9.84 Å². The molecule has 26 heavy (non-hydrogen) atoms. The molecule has 0 aliphatic heterocycles. The lowest BCUT2D eigenvalue weighted by Gasteiger charge is -2.21. The zero-order chi connectivity index (χ0) is 19.5. The largest absolute Gasteiger partial charge is 0.467 e. The van der Waals surface area contributed by atoms with Crippen molar-refractivity contribution in [2.24, 2.45) is 0 Å². The third-order valence-electron chi connectivity index (χ3n) is 3.54. The second-order valence-corrected chi connectivity index (χ2v) is 6.99. The highest BCUT2D eigenvalue weighted by Gasteiger charge is 2.36. The average molecular weight is 386 g/mol. The van der Waals surface area contributed by atoms with E-state index in [1.807, 2.05) is 0 Å². The molecule has 0 aliphatic rings. The highest BCUT2D eigenvalue weighted by atomic mass is 32.2. The molecule has 0 aliphatic carbocycles. The Morgan fingerprint density at radius 2 is 1.73 bits per heavy atom. The van der Waals surface area contributed by atoms with Crippen LogP contribution in [0.1, 0.15) is 17.2 Å². The van der Waals surface area contributed by atoms with Crippen LogP contribution in [0.25, 0.3) is 0 Å². The Morgan fingerprint density at radius 3 is 2.27 bits per heavy atom. The van der Waals surface area contributed by atoms with Gasteiger partial charge in [-0.2, -0.15) is 8.42 Å². The summed E-state index contributed by atoms with van der Waals surface area (Å²) in [7, 11) is -3.51. The lowest BCUT2D eigenvalue weighted by atomic mass is 10.0. The van der Waals surface area contributed by atoms with Crippen molar-refractivity contribution in [3.8, 4) is 0 Å². The van der Waals surface area contributed by atoms with Crippen LogP contribution in [-0.4, -0.2) is 32.7 Å². The zero-order valence-corrected chi connectivity index (χ0v) is 14.7. The van der Waals surface area contributed by atoms with Crippen molar-refractivity contribution in [2.75, 3.05) is 7.11 Å². The van der Waals surface area contributed by atoms with E-state index in [1.165, 1.54) is 24.3 Å². The van der Waals surface area contributed by atoms with Crippen molar-refractivity contribution in [1.82, 2.24) is 0 Å². The third kappa shape index (κ3) is 4.43. The summed E-state index contributed by atoms with van der Waals surface area (Å²) in [5.74, 6) is -3.30. The first-order chi connectivity index (χ1) is 12.2. The van der Waals surface area contributed by atoms with Gasteiger partial charge in [-0.25, -0.2) is 17.8 Å². The molecule has 2 rings (SSSR count). The molecule has 0 heterocycles. The maximum absolute atomic E-state index is 13.9. The quantitative estimate of drug-likeness (QED) is 0.605. The van der Waals surface area contributed by atoms with Crippen molar-refractivity contribution in [3.63, 3.8) is 0 Å². The smallest absolute Gasteiger partial charge is 0.339 e. The minimum Gasteiger partial charge on any atom is -0.467 e. The predicted molar refractivity (Wildman–Crippen MR) is 86.6 cm³/mol. The van der Waals surface area contributed by atoms with Crippen LogP contribution in [0.4, 0.5) is 8.78 Å². The average Bonchev–Trinajstić information content (AvgIpc) is 2.59. The number of rotatable bonds is 6. The Labute approximate surface area is 149 Å². The van der Waals surface area contributed by atoms with E-state index >= 15 is 0 Å². The number of ether oxygens (including phenoxy) is 1. The van der Waals surface area contributed by atoms with E-state index in [0.717, 1.165) is 24.8 Å². The van der Waals surface area contributed by atoms with Crippen molar-refractivity contribution in [1.29, 1.82) is 0 Å². The number of benzene rings is 2. The first-order valence-corrected chi connectivity index (χ1v) is 8.77. The van der Waals surface area contributed by atoms with Gasteiger partial charge in [-0.15, -0.1) is 0 Å². The van der Waals surface area contributed by atoms with Crippen LogP contribution < -0.4 is 0 Å². The summed E-state index contributed by atoms with van der Waals surface area (Å²) in [5.41, 5.74) is 0.280. The number of aryl methyl sites for hydroxylation is 1. The lowest BCUT2D eigenvalue weighted by Crippen LogP contribution is -2.35. The van der Waals surface area contributed by atoms with Gasteiger partial charge in [0.15, 0.2) is 0 Å². The van der Waals surface area contributed by atoms with Crippen LogP contribution in [0.3, 0.4) is 0 Å². The number of halogens is 2. The van der Waals surface area contributed by atoms with Gasteiger partial charge >= 0.3 is 5.97 Å². The molecule has 6 nitrogen and oxygen atoms in total. The molecule has 0 radical (unpaired) electrons. The number of carbonyl (C=O) groups excluding carboxylic acids is 1. The fourth-order valence-electron chi connectivity index (χ4n) is 2.14. The van der Waals surface area contributed by atoms with E-state index < -0.39 is 45.5 Å². The SMILES string of the molecule is COC(=O)[C@@H](OS(=O)(=O)c1ccc(C)cc1)[C@H](O)c1ccc(F)cc1F. The fraction of sp³-hybridized carbons (Fsp3) is 0.235. The maximum Gasteiger partial charge on any atom is 0.339 e. The monoisotopic (exact) mass is 386 g/mol. The highest BCUT2D eigenvalue weighted by molar-refractivity contribution is 7.86. The standard InChI is InChI=1S/C17H16F2O6S/c1-10-3-6-12(7-4-10)26(22,23)25-16(17(21)24-2)15(20)13-8-5-11(18)9-14(13)19/h3-9,15-16,20H,1-2H3/t15-,16+/m1/s1. The van der Waals surface area contributed by atoms with Gasteiger partial charge in [-0.1, -0.05) is 23.8 Å². The molecule has 140 valence electrons. The van der Waals surface area contributed by atoms with Crippen molar-refractivity contribution in [2.45, 2.75) is 24.0 Å². The van der Waals surface area contributed by atoms with Crippen LogP contribution in [0.15, 0.2) is 47.4 Å². The van der Waals surface area contributed by atoms with E-state index in [2.05, 4.69) is 4.74 Å². The molecule has 1 N–H and O–H groups in total. The van der Waals surface area contributed by atoms with E-state index in [-0.39, 0.29) is 4.90 Å². The summed E-state index contributed by atoms with van der Waals surface area (Å²) < 4.78 is 60.8. The molecule has 0 aromatic heterocycles. The molecule has 2 atom stereocenters. The second-order valence-electron chi connectivity index (χ2n) is 5.42. The van der Waals surface area contributed by atoms with Gasteiger partial charge in [0.25, 0.3) is 10.1 Å². The van der Waals surface area contributed by atoms with Gasteiger partial charge in [0.05, 0.1) is 12.0 Å². The summed E-state index contributed by atoms with van der Waals surface area (Å²) in [5, 5.41) is 10.3. The summed E-state index contributed by atoms with van der Waals surface area (Å²) in [6.45, 7) is 1.75. The third-order valence-corrected chi connectivity index (χ3v) is 4.85. The van der Waals surface area contributed by atoms with E-state index in [4.69, 9.17) is 4.18 Å². The molecular formula is C17H16F2O6S. The number of esters is 1. The van der Waals surface area contributed by atoms with Gasteiger partial charge in [0, 0.05) is 11.6 Å². The van der Waals surface area contributed by atoms with E-state index in [0.29, 0.717) is 6.07 Å². The van der Waals surface area contributed by atoms with Gasteiger partial charge in [0.1, 0.15) is 17.7 Å². The molecular weight excluding hydrogens is 370 g/mol. The number of hydrogen-bond acceptors (Lipinski definition) is 6. The molecule has 0 unspecified atom stereocenters. The van der Waals surface area contributed by atoms with Gasteiger partial charge in [-0.3, -0.25) is 0 Å². The van der Waals surface area contributed by atoms with Crippen LogP contribution >= 0.6 is 0 Å². The minimum atomic E-state index is -4.46. The maximum atomic E-state index is 13.9. The fourth-order valence-corrected chi connectivity index (χ4v) is 3.18. The Hall–Kier alpha value is -2.36. The number of aliphatic hydroxyl groups is 1.